The number of halogens is 1. The topological polar surface area (TPSA) is 126 Å². The number of hydrogen-bond acceptors (Lipinski definition) is 8. The molecule has 0 radical (unpaired) electrons. The quantitative estimate of drug-likeness (QED) is 0.261. The molecule has 6 heterocycles. The van der Waals surface area contributed by atoms with Crippen LogP contribution in [0.25, 0.3) is 22.3 Å². The molecule has 3 N–H and O–H groups in total. The number of pyridine rings is 1. The predicted molar refractivity (Wildman–Crippen MR) is 144 cm³/mol. The molecule has 0 saturated heterocycles. The number of para-hydroxylation sites is 1. The summed E-state index contributed by atoms with van der Waals surface area (Å²) < 4.78 is 21.6. The van der Waals surface area contributed by atoms with Crippen molar-refractivity contribution in [3.05, 3.63) is 95.5 Å². The molecule has 39 heavy (non-hydrogen) atoms. The van der Waals surface area contributed by atoms with E-state index in [1.54, 1.807) is 12.3 Å². The molecule has 12 heteroatoms. The van der Waals surface area contributed by atoms with Crippen LogP contribution < -0.4 is 5.32 Å². The van der Waals surface area contributed by atoms with Gasteiger partial charge in [-0.05, 0) is 43.4 Å². The van der Waals surface area contributed by atoms with Crippen LogP contribution in [-0.2, 0) is 18.5 Å². The highest BCUT2D eigenvalue weighted by Gasteiger charge is 2.50. The monoisotopic (exact) mass is 541 g/mol. The van der Waals surface area contributed by atoms with Gasteiger partial charge in [0.25, 0.3) is 5.22 Å². The number of H-pyrrole nitrogens is 2. The van der Waals surface area contributed by atoms with E-state index < -0.39 is 5.54 Å². The third-order valence-corrected chi connectivity index (χ3v) is 7.72. The first-order valence-electron chi connectivity index (χ1n) is 12.5. The van der Waals surface area contributed by atoms with Gasteiger partial charge in [-0.25, -0.2) is 9.37 Å². The third-order valence-electron chi connectivity index (χ3n) is 7.21. The van der Waals surface area contributed by atoms with Crippen LogP contribution in [0.5, 0.6) is 0 Å². The van der Waals surface area contributed by atoms with Crippen LogP contribution >= 0.6 is 11.8 Å². The normalized spacial score (nSPS) is 19.0. The number of imidazole rings is 1. The number of nitrogens with zero attached hydrogens (tertiary/aromatic N) is 6. The summed E-state index contributed by atoms with van der Waals surface area (Å²) in [5.41, 5.74) is 4.22. The van der Waals surface area contributed by atoms with Crippen LogP contribution in [0.4, 0.5) is 4.39 Å². The largest absolute Gasteiger partial charge is 0.413 e. The highest BCUT2D eigenvalue weighted by Crippen LogP contribution is 2.46. The Morgan fingerprint density at radius 3 is 2.77 bits per heavy atom. The molecule has 1 aromatic carbocycles. The number of aryl methyl sites for hydroxylation is 1. The zero-order valence-electron chi connectivity index (χ0n) is 21.1. The van der Waals surface area contributed by atoms with Crippen molar-refractivity contribution in [2.75, 3.05) is 6.26 Å². The number of thioether (sulfide) groups is 1. The summed E-state index contributed by atoms with van der Waals surface area (Å²) in [4.78, 5) is 16.0. The maximum Gasteiger partial charge on any atom is 0.276 e. The van der Waals surface area contributed by atoms with E-state index in [2.05, 4.69) is 47.7 Å². The average molecular weight is 542 g/mol. The molecule has 0 amide bonds. The Morgan fingerprint density at radius 1 is 1.10 bits per heavy atom. The minimum absolute atomic E-state index is 0.263. The van der Waals surface area contributed by atoms with Gasteiger partial charge in [-0.1, -0.05) is 30.0 Å². The fraction of sp³-hybridized carbons (Fsp3) is 0.222. The molecule has 0 saturated carbocycles. The fourth-order valence-corrected chi connectivity index (χ4v) is 5.64. The van der Waals surface area contributed by atoms with E-state index in [4.69, 9.17) is 9.40 Å². The molecule has 0 fully saturated rings. The molecule has 6 aromatic rings. The second-order valence-corrected chi connectivity index (χ2v) is 10.1. The lowest BCUT2D eigenvalue weighted by Gasteiger charge is -2.38. The summed E-state index contributed by atoms with van der Waals surface area (Å²) in [7, 11) is 0. The molecular weight excluding hydrogens is 517 g/mol. The Kier molecular flexibility index (Phi) is 5.60. The minimum Gasteiger partial charge on any atom is -0.413 e. The van der Waals surface area contributed by atoms with E-state index in [1.807, 2.05) is 42.4 Å². The molecular formula is C27H24FN9OS. The fourth-order valence-electron chi connectivity index (χ4n) is 5.36. The van der Waals surface area contributed by atoms with Gasteiger partial charge in [-0.15, -0.1) is 10.2 Å². The van der Waals surface area contributed by atoms with Crippen molar-refractivity contribution in [2.24, 2.45) is 0 Å². The van der Waals surface area contributed by atoms with Gasteiger partial charge in [0.1, 0.15) is 11.6 Å². The summed E-state index contributed by atoms with van der Waals surface area (Å²) in [6.45, 7) is 2.76. The van der Waals surface area contributed by atoms with Crippen molar-refractivity contribution >= 4 is 22.7 Å². The Balaban J connectivity index is 1.44. The second kappa shape index (κ2) is 9.17. The van der Waals surface area contributed by atoms with Gasteiger partial charge in [-0.3, -0.25) is 15.0 Å². The Labute approximate surface area is 226 Å². The first-order valence-corrected chi connectivity index (χ1v) is 13.8. The van der Waals surface area contributed by atoms with Crippen molar-refractivity contribution in [3.8, 4) is 11.4 Å². The molecule has 0 aliphatic carbocycles. The first kappa shape index (κ1) is 23.8. The molecule has 0 unspecified atom stereocenters. The molecule has 196 valence electrons. The zero-order chi connectivity index (χ0) is 26.6. The highest BCUT2D eigenvalue weighted by molar-refractivity contribution is 7.98. The van der Waals surface area contributed by atoms with Crippen LogP contribution in [0.2, 0.25) is 0 Å². The predicted octanol–water partition coefficient (Wildman–Crippen LogP) is 4.59. The summed E-state index contributed by atoms with van der Waals surface area (Å²) in [6, 6.07) is 11.0. The third kappa shape index (κ3) is 3.78. The zero-order valence-corrected chi connectivity index (χ0v) is 22.0. The van der Waals surface area contributed by atoms with E-state index in [0.29, 0.717) is 41.3 Å². The number of aromatic nitrogens is 8. The van der Waals surface area contributed by atoms with Gasteiger partial charge >= 0.3 is 0 Å². The number of rotatable bonds is 6. The van der Waals surface area contributed by atoms with Crippen LogP contribution in [0.3, 0.4) is 0 Å². The Morgan fingerprint density at radius 2 is 2.00 bits per heavy atom. The summed E-state index contributed by atoms with van der Waals surface area (Å²) in [5.74, 6) is 0.733. The standard InChI is InChI=1S/C27H24FN9OS/c1-3-37-14-15(11-31-37)27(25-35-36-26(38-25)39-2)23-18(17-6-4-5-7-19(17)32-23)10-21(34-27)24-30-13-22(33-24)20-9-8-16(28)12-29-20/h4-9,11-14,21,32,34H,3,10H2,1-2H3,(H,30,33)/t21-,27-/m1/s1. The SMILES string of the molecule is CCn1cc([C@@]2(c3nnc(SC)o3)N[C@@H](c3ncc(-c4ccc(F)cn4)[nH]3)Cc3c2[nH]c2ccccc32)cn1. The molecule has 0 spiro atoms. The van der Waals surface area contributed by atoms with E-state index >= 15 is 0 Å². The van der Waals surface area contributed by atoms with Crippen LogP contribution in [0, 0.1) is 5.82 Å². The molecule has 1 aliphatic heterocycles. The van der Waals surface area contributed by atoms with Crippen LogP contribution in [0.15, 0.2) is 70.8 Å². The van der Waals surface area contributed by atoms with Crippen molar-refractivity contribution in [1.29, 1.82) is 0 Å². The summed E-state index contributed by atoms with van der Waals surface area (Å²) in [5, 5.41) is 18.8. The molecule has 5 aromatic heterocycles. The Bertz CT molecular complexity index is 1740. The van der Waals surface area contributed by atoms with Crippen molar-refractivity contribution < 1.29 is 8.81 Å². The van der Waals surface area contributed by atoms with E-state index in [0.717, 1.165) is 27.7 Å². The van der Waals surface area contributed by atoms with Crippen molar-refractivity contribution in [2.45, 2.75) is 36.7 Å². The van der Waals surface area contributed by atoms with Crippen molar-refractivity contribution in [3.63, 3.8) is 0 Å². The van der Waals surface area contributed by atoms with Gasteiger partial charge in [-0.2, -0.15) is 5.10 Å². The number of nitrogens with one attached hydrogen (secondary N) is 3. The Hall–Kier alpha value is -4.29. The lowest BCUT2D eigenvalue weighted by atomic mass is 9.79. The van der Waals surface area contributed by atoms with E-state index in [-0.39, 0.29) is 11.9 Å². The molecule has 10 nitrogen and oxygen atoms in total. The second-order valence-electron chi connectivity index (χ2n) is 9.38. The summed E-state index contributed by atoms with van der Waals surface area (Å²) >= 11 is 1.39. The maximum absolute atomic E-state index is 13.5. The lowest BCUT2D eigenvalue weighted by molar-refractivity contribution is 0.273. The average Bonchev–Trinajstić information content (AvgIpc) is 3.78. The van der Waals surface area contributed by atoms with Gasteiger partial charge in [0.05, 0.1) is 41.7 Å². The number of hydrogen-bond donors (Lipinski definition) is 3. The molecule has 2 atom stereocenters. The van der Waals surface area contributed by atoms with E-state index in [9.17, 15) is 4.39 Å². The van der Waals surface area contributed by atoms with Gasteiger partial charge in [0.2, 0.25) is 5.89 Å². The minimum atomic E-state index is -1.02. The summed E-state index contributed by atoms with van der Waals surface area (Å²) in [6.07, 6.45) is 9.31. The van der Waals surface area contributed by atoms with Crippen LogP contribution in [0.1, 0.15) is 41.5 Å². The molecule has 7 rings (SSSR count). The molecule has 0 bridgehead atoms. The van der Waals surface area contributed by atoms with Gasteiger partial charge < -0.3 is 14.4 Å². The maximum atomic E-state index is 13.5. The first-order chi connectivity index (χ1) is 19.1. The van der Waals surface area contributed by atoms with Gasteiger partial charge in [0.15, 0.2) is 5.54 Å². The molecule has 1 aliphatic rings. The van der Waals surface area contributed by atoms with Crippen LogP contribution in [-0.4, -0.2) is 46.2 Å². The number of fused-ring (bicyclic) bond motifs is 3. The van der Waals surface area contributed by atoms with Crippen molar-refractivity contribution in [1.82, 2.24) is 45.2 Å². The van der Waals surface area contributed by atoms with Gasteiger partial charge in [0, 0.05) is 29.2 Å². The lowest BCUT2D eigenvalue weighted by Crippen LogP contribution is -2.51. The highest BCUT2D eigenvalue weighted by atomic mass is 32.2. The smallest absolute Gasteiger partial charge is 0.276 e. The van der Waals surface area contributed by atoms with E-state index in [1.165, 1.54) is 24.0 Å². The number of benzene rings is 1. The number of aromatic amines is 2.